The molecule has 34 heavy (non-hydrogen) atoms. The molecule has 7 heteroatoms. The van der Waals surface area contributed by atoms with Gasteiger partial charge in [0.2, 0.25) is 0 Å². The molecule has 166 valence electrons. The summed E-state index contributed by atoms with van der Waals surface area (Å²) in [5.41, 5.74) is 6.60. The maximum Gasteiger partial charge on any atom is 0.143 e. The Kier molecular flexibility index (Phi) is 5.29. The summed E-state index contributed by atoms with van der Waals surface area (Å²) in [7, 11) is 0. The summed E-state index contributed by atoms with van der Waals surface area (Å²) in [5.74, 6) is 0.794. The molecule has 0 aliphatic rings. The lowest BCUT2D eigenvalue weighted by Gasteiger charge is -2.09. The maximum atomic E-state index is 6.12. The minimum Gasteiger partial charge on any atom is -0.340 e. The van der Waals surface area contributed by atoms with E-state index in [1.165, 1.54) is 15.1 Å². The molecule has 0 unspecified atom stereocenters. The number of fused-ring (bicyclic) bond motifs is 2. The third-order valence-corrected chi connectivity index (χ3v) is 8.07. The molecule has 4 nitrogen and oxygen atoms in total. The highest BCUT2D eigenvalue weighted by Gasteiger charge is 2.17. The summed E-state index contributed by atoms with van der Waals surface area (Å²) < 4.78 is 1.21. The van der Waals surface area contributed by atoms with Gasteiger partial charge in [-0.3, -0.25) is 0 Å². The Bertz CT molecular complexity index is 1650. The topological polar surface area (TPSA) is 50.7 Å². The molecule has 0 saturated carbocycles. The van der Waals surface area contributed by atoms with E-state index in [1.807, 2.05) is 24.3 Å². The van der Waals surface area contributed by atoms with Crippen molar-refractivity contribution in [3.05, 3.63) is 88.5 Å². The van der Waals surface area contributed by atoms with Gasteiger partial charge in [0.15, 0.2) is 0 Å². The lowest BCUT2D eigenvalue weighted by Crippen LogP contribution is -1.95. The van der Waals surface area contributed by atoms with E-state index in [4.69, 9.17) is 16.6 Å². The van der Waals surface area contributed by atoms with Gasteiger partial charge in [-0.05, 0) is 73.5 Å². The number of hydrogen-bond acceptors (Lipinski definition) is 6. The first-order valence-corrected chi connectivity index (χ1v) is 12.8. The average Bonchev–Trinajstić information content (AvgIpc) is 3.41. The quantitative estimate of drug-likeness (QED) is 0.264. The van der Waals surface area contributed by atoms with Crippen LogP contribution in [0.15, 0.2) is 73.1 Å². The number of hydrogen-bond donors (Lipinski definition) is 1. The predicted octanol–water partition coefficient (Wildman–Crippen LogP) is 8.65. The number of aromatic nitrogens is 3. The van der Waals surface area contributed by atoms with Crippen LogP contribution in [0.25, 0.3) is 42.1 Å². The van der Waals surface area contributed by atoms with Gasteiger partial charge in [-0.1, -0.05) is 29.8 Å². The molecular formula is C27H19ClN4S2. The molecule has 0 aliphatic carbocycles. The molecule has 0 spiro atoms. The largest absolute Gasteiger partial charge is 0.340 e. The molecule has 1 N–H and O–H groups in total. The fourth-order valence-electron chi connectivity index (χ4n) is 4.09. The van der Waals surface area contributed by atoms with Gasteiger partial charge in [0.1, 0.15) is 22.0 Å². The van der Waals surface area contributed by atoms with Crippen LogP contribution < -0.4 is 5.32 Å². The first kappa shape index (κ1) is 21.2. The Morgan fingerprint density at radius 1 is 0.824 bits per heavy atom. The number of benzene rings is 3. The third kappa shape index (κ3) is 3.84. The number of aryl methyl sites for hydroxylation is 2. The third-order valence-electron chi connectivity index (χ3n) is 5.74. The molecule has 3 aromatic heterocycles. The number of halogens is 1. The monoisotopic (exact) mass is 498 g/mol. The van der Waals surface area contributed by atoms with Crippen molar-refractivity contribution in [1.82, 2.24) is 15.0 Å². The zero-order valence-corrected chi connectivity index (χ0v) is 20.9. The molecule has 0 amide bonds. The van der Waals surface area contributed by atoms with Gasteiger partial charge in [-0.15, -0.1) is 22.7 Å². The van der Waals surface area contributed by atoms with Gasteiger partial charge < -0.3 is 5.32 Å². The summed E-state index contributed by atoms with van der Waals surface area (Å²) in [4.78, 5) is 16.1. The number of anilines is 2. The summed E-state index contributed by atoms with van der Waals surface area (Å²) in [6.07, 6.45) is 1.61. The molecule has 6 rings (SSSR count). The van der Waals surface area contributed by atoms with Crippen LogP contribution in [-0.2, 0) is 0 Å². The molecule has 0 atom stereocenters. The summed E-state index contributed by atoms with van der Waals surface area (Å²) in [6, 6.07) is 22.6. The number of rotatable bonds is 4. The Balaban J connectivity index is 1.35. The fourth-order valence-corrected chi connectivity index (χ4v) is 6.30. The molecule has 3 aromatic carbocycles. The van der Waals surface area contributed by atoms with Crippen LogP contribution in [0.2, 0.25) is 5.02 Å². The summed E-state index contributed by atoms with van der Waals surface area (Å²) >= 11 is 9.51. The van der Waals surface area contributed by atoms with E-state index in [-0.39, 0.29) is 0 Å². The van der Waals surface area contributed by atoms with Crippen molar-refractivity contribution >= 4 is 66.2 Å². The van der Waals surface area contributed by atoms with Crippen LogP contribution in [0.1, 0.15) is 10.4 Å². The smallest absolute Gasteiger partial charge is 0.143 e. The van der Waals surface area contributed by atoms with E-state index in [1.54, 1.807) is 29.0 Å². The van der Waals surface area contributed by atoms with Crippen molar-refractivity contribution in [3.8, 4) is 21.7 Å². The molecule has 0 saturated heterocycles. The molecule has 3 heterocycles. The van der Waals surface area contributed by atoms with Crippen LogP contribution in [0.3, 0.4) is 0 Å². The van der Waals surface area contributed by atoms with Crippen molar-refractivity contribution in [2.45, 2.75) is 13.8 Å². The number of nitrogens with one attached hydrogen (secondary N) is 1. The average molecular weight is 499 g/mol. The van der Waals surface area contributed by atoms with Crippen molar-refractivity contribution in [1.29, 1.82) is 0 Å². The van der Waals surface area contributed by atoms with Gasteiger partial charge in [0.05, 0.1) is 15.6 Å². The number of nitrogens with zero attached hydrogens (tertiary/aromatic N) is 3. The standard InChI is InChI=1S/C27H19ClN4S2/c1-15-3-12-21-22(13-15)34-26(32-21)18-6-10-20(11-7-18)31-25-24-23(17-4-8-19(28)9-5-17)16(2)33-27(24)30-14-29-25/h3-14H,1-2H3,(H,29,30,31). The van der Waals surface area contributed by atoms with Crippen molar-refractivity contribution in [2.75, 3.05) is 5.32 Å². The van der Waals surface area contributed by atoms with Gasteiger partial charge in [-0.2, -0.15) is 0 Å². The number of thiophene rings is 1. The van der Waals surface area contributed by atoms with Crippen molar-refractivity contribution in [2.24, 2.45) is 0 Å². The Morgan fingerprint density at radius 3 is 2.38 bits per heavy atom. The molecule has 0 bridgehead atoms. The zero-order chi connectivity index (χ0) is 23.2. The normalized spacial score (nSPS) is 11.4. The summed E-state index contributed by atoms with van der Waals surface area (Å²) in [5, 5.41) is 6.28. The molecule has 6 aromatic rings. The van der Waals surface area contributed by atoms with E-state index in [9.17, 15) is 0 Å². The van der Waals surface area contributed by atoms with Crippen LogP contribution in [0, 0.1) is 13.8 Å². The van der Waals surface area contributed by atoms with E-state index < -0.39 is 0 Å². The highest BCUT2D eigenvalue weighted by Crippen LogP contribution is 2.41. The molecule has 0 aliphatic heterocycles. The van der Waals surface area contributed by atoms with Gasteiger partial charge >= 0.3 is 0 Å². The van der Waals surface area contributed by atoms with Crippen LogP contribution in [0.4, 0.5) is 11.5 Å². The van der Waals surface area contributed by atoms with Crippen LogP contribution in [0.5, 0.6) is 0 Å². The lowest BCUT2D eigenvalue weighted by molar-refractivity contribution is 1.23. The fraction of sp³-hybridized carbons (Fsp3) is 0.0741. The maximum absolute atomic E-state index is 6.12. The predicted molar refractivity (Wildman–Crippen MR) is 146 cm³/mol. The van der Waals surface area contributed by atoms with E-state index in [0.717, 1.165) is 54.0 Å². The Morgan fingerprint density at radius 2 is 1.59 bits per heavy atom. The second-order valence-electron chi connectivity index (χ2n) is 8.14. The van der Waals surface area contributed by atoms with Gasteiger partial charge in [-0.25, -0.2) is 15.0 Å². The second-order valence-corrected chi connectivity index (χ2v) is 10.8. The minimum absolute atomic E-state index is 0.721. The number of thiazole rings is 1. The van der Waals surface area contributed by atoms with Crippen LogP contribution >= 0.6 is 34.3 Å². The van der Waals surface area contributed by atoms with Gasteiger partial charge in [0, 0.05) is 26.7 Å². The first-order valence-electron chi connectivity index (χ1n) is 10.8. The molecular weight excluding hydrogens is 480 g/mol. The van der Waals surface area contributed by atoms with Gasteiger partial charge in [0.25, 0.3) is 0 Å². The zero-order valence-electron chi connectivity index (χ0n) is 18.5. The first-order chi connectivity index (χ1) is 16.5. The SMILES string of the molecule is Cc1ccc2nc(-c3ccc(Nc4ncnc5sc(C)c(-c6ccc(Cl)cc6)c45)cc3)sc2c1. The highest BCUT2D eigenvalue weighted by molar-refractivity contribution is 7.21. The lowest BCUT2D eigenvalue weighted by atomic mass is 10.0. The van der Waals surface area contributed by atoms with Crippen LogP contribution in [-0.4, -0.2) is 15.0 Å². The molecule has 0 fully saturated rings. The van der Waals surface area contributed by atoms with E-state index >= 15 is 0 Å². The second kappa shape index (κ2) is 8.47. The van der Waals surface area contributed by atoms with Crippen molar-refractivity contribution < 1.29 is 0 Å². The van der Waals surface area contributed by atoms with E-state index in [0.29, 0.717) is 0 Å². The Labute approximate surface area is 209 Å². The molecule has 0 radical (unpaired) electrons. The van der Waals surface area contributed by atoms with Crippen molar-refractivity contribution in [3.63, 3.8) is 0 Å². The minimum atomic E-state index is 0.721. The Hall–Kier alpha value is -3.32. The highest BCUT2D eigenvalue weighted by atomic mass is 35.5. The summed E-state index contributed by atoms with van der Waals surface area (Å²) in [6.45, 7) is 4.23. The van der Waals surface area contributed by atoms with E-state index in [2.05, 4.69) is 71.6 Å².